The number of fused-ring (bicyclic) bond motifs is 1. The summed E-state index contributed by atoms with van der Waals surface area (Å²) in [5, 5.41) is 8.41. The van der Waals surface area contributed by atoms with Crippen molar-refractivity contribution in [1.29, 1.82) is 0 Å². The lowest BCUT2D eigenvalue weighted by atomic mass is 10.1. The number of rotatable bonds is 2. The third kappa shape index (κ3) is 2.53. The van der Waals surface area contributed by atoms with Crippen molar-refractivity contribution in [3.8, 4) is 0 Å². The number of amides is 3. The molecule has 0 saturated carbocycles. The summed E-state index contributed by atoms with van der Waals surface area (Å²) >= 11 is 0. The molecule has 3 heterocycles. The number of hydrogen-bond donors (Lipinski definition) is 3. The summed E-state index contributed by atoms with van der Waals surface area (Å²) < 4.78 is 0. The number of imide groups is 1. The summed E-state index contributed by atoms with van der Waals surface area (Å²) in [4.78, 5) is 39.6. The number of piperazine rings is 2. The van der Waals surface area contributed by atoms with E-state index in [9.17, 15) is 14.4 Å². The predicted molar refractivity (Wildman–Crippen MR) is 86.3 cm³/mol. The van der Waals surface area contributed by atoms with E-state index in [2.05, 4.69) is 20.9 Å². The van der Waals surface area contributed by atoms with E-state index in [1.54, 1.807) is 0 Å². The average molecular weight is 329 g/mol. The normalized spacial score (nSPS) is 24.2. The lowest BCUT2D eigenvalue weighted by molar-refractivity contribution is -0.137. The topological polar surface area (TPSA) is 93.8 Å². The van der Waals surface area contributed by atoms with Gasteiger partial charge in [0.2, 0.25) is 5.91 Å². The molecule has 0 spiro atoms. The number of nitrogens with zero attached hydrogens (tertiary/aromatic N) is 2. The maximum atomic E-state index is 12.6. The van der Waals surface area contributed by atoms with Gasteiger partial charge in [0.05, 0.1) is 6.54 Å². The molecule has 3 aliphatic rings. The third-order valence-electron chi connectivity index (χ3n) is 4.68. The Morgan fingerprint density at radius 3 is 2.62 bits per heavy atom. The minimum absolute atomic E-state index is 0.0303. The fourth-order valence-electron chi connectivity index (χ4n) is 3.44. The summed E-state index contributed by atoms with van der Waals surface area (Å²) in [6.45, 7) is 4.16. The Balaban J connectivity index is 1.55. The lowest BCUT2D eigenvalue weighted by Crippen LogP contribution is -2.62. The molecule has 0 bridgehead atoms. The summed E-state index contributed by atoms with van der Waals surface area (Å²) in [5.41, 5.74) is 2.64. The van der Waals surface area contributed by atoms with Crippen molar-refractivity contribution >= 4 is 23.4 Å². The van der Waals surface area contributed by atoms with Gasteiger partial charge in [-0.1, -0.05) is 0 Å². The molecule has 0 unspecified atom stereocenters. The Bertz CT molecular complexity index is 714. The highest BCUT2D eigenvalue weighted by Crippen LogP contribution is 2.28. The van der Waals surface area contributed by atoms with Crippen LogP contribution in [0, 0.1) is 0 Å². The Morgan fingerprint density at radius 2 is 1.88 bits per heavy atom. The third-order valence-corrected chi connectivity index (χ3v) is 4.68. The Kier molecular flexibility index (Phi) is 3.70. The zero-order chi connectivity index (χ0) is 16.7. The fraction of sp³-hybridized carbons (Fsp3) is 0.438. The number of benzene rings is 1. The molecule has 4 rings (SSSR count). The van der Waals surface area contributed by atoms with Crippen molar-refractivity contribution in [2.24, 2.45) is 0 Å². The highest BCUT2D eigenvalue weighted by molar-refractivity contribution is 6.05. The van der Waals surface area contributed by atoms with Crippen LogP contribution in [0.15, 0.2) is 18.2 Å². The van der Waals surface area contributed by atoms with Gasteiger partial charge in [0.25, 0.3) is 11.8 Å². The van der Waals surface area contributed by atoms with Crippen molar-refractivity contribution in [3.63, 3.8) is 0 Å². The summed E-state index contributed by atoms with van der Waals surface area (Å²) in [6.07, 6.45) is -0.801. The van der Waals surface area contributed by atoms with E-state index < -0.39 is 12.1 Å². The van der Waals surface area contributed by atoms with Crippen LogP contribution in [0.25, 0.3) is 0 Å². The standard InChI is InChI=1S/C16H19N5O3/c22-13-8-18-14(15(23)19-13)21-9-10-7-11(1-2-12(10)16(21)24)20-5-3-17-4-6-20/h1-2,7,14,17-18H,3-6,8-9H2,(H,19,22,23)/t14-/m0/s1. The van der Waals surface area contributed by atoms with Gasteiger partial charge in [0.15, 0.2) is 6.17 Å². The molecular formula is C16H19N5O3. The molecule has 1 aromatic carbocycles. The number of carbonyl (C=O) groups excluding carboxylic acids is 3. The first kappa shape index (κ1) is 15.1. The van der Waals surface area contributed by atoms with Crippen molar-refractivity contribution in [3.05, 3.63) is 29.3 Å². The maximum absolute atomic E-state index is 12.6. The number of carbonyl (C=O) groups is 3. The number of anilines is 1. The van der Waals surface area contributed by atoms with Gasteiger partial charge in [-0.25, -0.2) is 0 Å². The van der Waals surface area contributed by atoms with Crippen LogP contribution in [0.1, 0.15) is 15.9 Å². The molecule has 3 N–H and O–H groups in total. The quantitative estimate of drug-likeness (QED) is 0.580. The zero-order valence-electron chi connectivity index (χ0n) is 13.2. The van der Waals surface area contributed by atoms with Crippen LogP contribution in [0.4, 0.5) is 5.69 Å². The smallest absolute Gasteiger partial charge is 0.264 e. The first-order chi connectivity index (χ1) is 11.6. The Morgan fingerprint density at radius 1 is 1.08 bits per heavy atom. The summed E-state index contributed by atoms with van der Waals surface area (Å²) in [5.74, 6) is -1.03. The van der Waals surface area contributed by atoms with Crippen LogP contribution in [0.5, 0.6) is 0 Å². The molecule has 0 aromatic heterocycles. The largest absolute Gasteiger partial charge is 0.369 e. The second-order valence-corrected chi connectivity index (χ2v) is 6.21. The van der Waals surface area contributed by atoms with Crippen molar-refractivity contribution in [2.45, 2.75) is 12.7 Å². The van der Waals surface area contributed by atoms with Gasteiger partial charge in [0.1, 0.15) is 0 Å². The molecule has 8 heteroatoms. The van der Waals surface area contributed by atoms with Crippen LogP contribution < -0.4 is 20.9 Å². The molecule has 3 aliphatic heterocycles. The molecule has 1 atom stereocenters. The van der Waals surface area contributed by atoms with Crippen LogP contribution in [0.2, 0.25) is 0 Å². The molecule has 0 aliphatic carbocycles. The Hall–Kier alpha value is -2.45. The molecule has 8 nitrogen and oxygen atoms in total. The van der Waals surface area contributed by atoms with E-state index in [4.69, 9.17) is 0 Å². The summed E-state index contributed by atoms with van der Waals surface area (Å²) in [6, 6.07) is 5.83. The van der Waals surface area contributed by atoms with Crippen LogP contribution in [0.3, 0.4) is 0 Å². The van der Waals surface area contributed by atoms with Crippen LogP contribution in [-0.2, 0) is 16.1 Å². The predicted octanol–water partition coefficient (Wildman–Crippen LogP) is -1.38. The van der Waals surface area contributed by atoms with Gasteiger partial charge < -0.3 is 15.1 Å². The van der Waals surface area contributed by atoms with Gasteiger partial charge in [-0.05, 0) is 23.8 Å². The molecule has 126 valence electrons. The molecule has 3 amide bonds. The van der Waals surface area contributed by atoms with E-state index in [-0.39, 0.29) is 18.4 Å². The maximum Gasteiger partial charge on any atom is 0.264 e. The van der Waals surface area contributed by atoms with Crippen molar-refractivity contribution in [2.75, 3.05) is 37.6 Å². The second-order valence-electron chi connectivity index (χ2n) is 6.21. The molecule has 2 saturated heterocycles. The van der Waals surface area contributed by atoms with E-state index in [0.717, 1.165) is 37.4 Å². The van der Waals surface area contributed by atoms with Crippen LogP contribution >= 0.6 is 0 Å². The highest BCUT2D eigenvalue weighted by atomic mass is 16.2. The van der Waals surface area contributed by atoms with Gasteiger partial charge in [-0.15, -0.1) is 0 Å². The van der Waals surface area contributed by atoms with E-state index in [0.29, 0.717) is 12.1 Å². The molecule has 24 heavy (non-hydrogen) atoms. The van der Waals surface area contributed by atoms with Gasteiger partial charge >= 0.3 is 0 Å². The highest BCUT2D eigenvalue weighted by Gasteiger charge is 2.39. The van der Waals surface area contributed by atoms with Gasteiger partial charge in [-0.3, -0.25) is 25.0 Å². The number of nitrogens with one attached hydrogen (secondary N) is 3. The van der Waals surface area contributed by atoms with Gasteiger partial charge in [-0.2, -0.15) is 0 Å². The second kappa shape index (κ2) is 5.88. The van der Waals surface area contributed by atoms with Crippen molar-refractivity contribution < 1.29 is 14.4 Å². The van der Waals surface area contributed by atoms with Gasteiger partial charge in [0, 0.05) is 44.0 Å². The van der Waals surface area contributed by atoms with E-state index in [1.807, 2.05) is 18.2 Å². The fourth-order valence-corrected chi connectivity index (χ4v) is 3.44. The molecule has 2 fully saturated rings. The summed E-state index contributed by atoms with van der Waals surface area (Å²) in [7, 11) is 0. The molecule has 1 aromatic rings. The molecule has 0 radical (unpaired) electrons. The average Bonchev–Trinajstić information content (AvgIpc) is 2.92. The lowest BCUT2D eigenvalue weighted by Gasteiger charge is -2.30. The first-order valence-electron chi connectivity index (χ1n) is 8.10. The Labute approximate surface area is 139 Å². The monoisotopic (exact) mass is 329 g/mol. The van der Waals surface area contributed by atoms with E-state index in [1.165, 1.54) is 4.90 Å². The zero-order valence-corrected chi connectivity index (χ0v) is 13.2. The number of hydrogen-bond acceptors (Lipinski definition) is 6. The van der Waals surface area contributed by atoms with Crippen LogP contribution in [-0.4, -0.2) is 61.5 Å². The minimum atomic E-state index is -0.801. The minimum Gasteiger partial charge on any atom is -0.369 e. The SMILES string of the molecule is O=C1CN[C@@H](N2Cc3cc(N4CCNCC4)ccc3C2=O)C(=O)N1. The molecular weight excluding hydrogens is 310 g/mol. The first-order valence-corrected chi connectivity index (χ1v) is 8.10. The van der Waals surface area contributed by atoms with E-state index >= 15 is 0 Å². The van der Waals surface area contributed by atoms with Crippen molar-refractivity contribution in [1.82, 2.24) is 20.9 Å².